The van der Waals surface area contributed by atoms with Crippen molar-refractivity contribution in [3.8, 4) is 0 Å². The molecule has 0 aliphatic heterocycles. The predicted molar refractivity (Wildman–Crippen MR) is 56.5 cm³/mol. The van der Waals surface area contributed by atoms with E-state index in [4.69, 9.17) is 0 Å². The van der Waals surface area contributed by atoms with Crippen molar-refractivity contribution in [3.63, 3.8) is 0 Å². The van der Waals surface area contributed by atoms with Gasteiger partial charge < -0.3 is 5.11 Å². The Morgan fingerprint density at radius 3 is 2.31 bits per heavy atom. The second-order valence-corrected chi connectivity index (χ2v) is 3.48. The summed E-state index contributed by atoms with van der Waals surface area (Å²) < 4.78 is 0. The number of aliphatic hydroxyl groups is 1. The first-order valence-corrected chi connectivity index (χ1v) is 4.52. The van der Waals surface area contributed by atoms with Gasteiger partial charge in [-0.2, -0.15) is 0 Å². The monoisotopic (exact) mass is 176 g/mol. The molecule has 70 valence electrons. The molecule has 1 heteroatoms. The third-order valence-corrected chi connectivity index (χ3v) is 2.13. The van der Waals surface area contributed by atoms with Crippen molar-refractivity contribution in [1.82, 2.24) is 0 Å². The quantitative estimate of drug-likeness (QED) is 0.734. The molecule has 1 N–H and O–H groups in total. The molecule has 1 atom stereocenters. The Labute approximate surface area is 79.7 Å². The van der Waals surface area contributed by atoms with E-state index in [2.05, 4.69) is 31.2 Å². The summed E-state index contributed by atoms with van der Waals surface area (Å²) in [6, 6.07) is 8.25. The first kappa shape index (κ1) is 10.0. The van der Waals surface area contributed by atoms with Crippen LogP contribution in [0.3, 0.4) is 0 Å². The highest BCUT2D eigenvalue weighted by Crippen LogP contribution is 2.10. The molecule has 1 aromatic rings. The molecule has 0 saturated carbocycles. The average Bonchev–Trinajstić information content (AvgIpc) is 2.08. The first-order chi connectivity index (χ1) is 6.09. The summed E-state index contributed by atoms with van der Waals surface area (Å²) in [5.74, 6) is 0. The molecule has 1 nitrogen and oxygen atoms in total. The van der Waals surface area contributed by atoms with Gasteiger partial charge in [0.05, 0.1) is 6.10 Å². The number of aliphatic hydroxyl groups excluding tert-OH is 1. The summed E-state index contributed by atoms with van der Waals surface area (Å²) in [6.45, 7) is 5.78. The molecule has 0 spiro atoms. The second-order valence-electron chi connectivity index (χ2n) is 3.48. The Balaban J connectivity index is 2.85. The van der Waals surface area contributed by atoms with Crippen LogP contribution >= 0.6 is 0 Å². The minimum absolute atomic E-state index is 0.360. The van der Waals surface area contributed by atoms with Gasteiger partial charge in [0.15, 0.2) is 0 Å². The van der Waals surface area contributed by atoms with Crippen molar-refractivity contribution in [3.05, 3.63) is 41.0 Å². The zero-order chi connectivity index (χ0) is 9.84. The fraction of sp³-hybridized carbons (Fsp3) is 0.333. The maximum atomic E-state index is 9.27. The number of benzene rings is 1. The largest absolute Gasteiger partial charge is 0.389 e. The lowest BCUT2D eigenvalue weighted by molar-refractivity contribution is 0.232. The van der Waals surface area contributed by atoms with E-state index < -0.39 is 0 Å². The molecule has 0 radical (unpaired) electrons. The zero-order valence-electron chi connectivity index (χ0n) is 8.41. The van der Waals surface area contributed by atoms with Crippen LogP contribution in [-0.4, -0.2) is 11.2 Å². The van der Waals surface area contributed by atoms with Crippen molar-refractivity contribution in [2.45, 2.75) is 26.9 Å². The number of aryl methyl sites for hydroxylation is 1. The van der Waals surface area contributed by atoms with Crippen LogP contribution < -0.4 is 0 Å². The van der Waals surface area contributed by atoms with Gasteiger partial charge in [-0.3, -0.25) is 0 Å². The summed E-state index contributed by atoms with van der Waals surface area (Å²) in [5, 5.41) is 9.27. The Kier molecular flexibility index (Phi) is 3.26. The van der Waals surface area contributed by atoms with E-state index in [1.54, 1.807) is 6.92 Å². The second kappa shape index (κ2) is 4.24. The number of hydrogen-bond donors (Lipinski definition) is 1. The van der Waals surface area contributed by atoms with E-state index >= 15 is 0 Å². The summed E-state index contributed by atoms with van der Waals surface area (Å²) in [4.78, 5) is 0. The molecular weight excluding hydrogens is 160 g/mol. The molecule has 0 amide bonds. The van der Waals surface area contributed by atoms with Gasteiger partial charge in [0.2, 0.25) is 0 Å². The van der Waals surface area contributed by atoms with Crippen molar-refractivity contribution in [1.29, 1.82) is 0 Å². The highest BCUT2D eigenvalue weighted by atomic mass is 16.3. The molecule has 0 saturated heterocycles. The Bertz CT molecular complexity index is 293. The molecule has 0 aliphatic carbocycles. The highest BCUT2D eigenvalue weighted by molar-refractivity contribution is 5.53. The van der Waals surface area contributed by atoms with E-state index in [0.29, 0.717) is 0 Å². The Morgan fingerprint density at radius 2 is 1.85 bits per heavy atom. The van der Waals surface area contributed by atoms with Crippen molar-refractivity contribution in [2.24, 2.45) is 0 Å². The fourth-order valence-electron chi connectivity index (χ4n) is 1.05. The van der Waals surface area contributed by atoms with Gasteiger partial charge >= 0.3 is 0 Å². The zero-order valence-corrected chi connectivity index (χ0v) is 8.41. The van der Waals surface area contributed by atoms with Gasteiger partial charge in [-0.05, 0) is 31.9 Å². The SMILES string of the molecule is C/C(=C\c1ccc(C)cc1)C(C)O. The molecule has 1 rings (SSSR count). The van der Waals surface area contributed by atoms with E-state index in [1.807, 2.05) is 13.0 Å². The topological polar surface area (TPSA) is 20.2 Å². The minimum atomic E-state index is -0.360. The van der Waals surface area contributed by atoms with Crippen molar-refractivity contribution in [2.75, 3.05) is 0 Å². The first-order valence-electron chi connectivity index (χ1n) is 4.52. The summed E-state index contributed by atoms with van der Waals surface area (Å²) in [7, 11) is 0. The Morgan fingerprint density at radius 1 is 1.31 bits per heavy atom. The predicted octanol–water partition coefficient (Wildman–Crippen LogP) is 2.78. The molecule has 0 heterocycles. The average molecular weight is 176 g/mol. The van der Waals surface area contributed by atoms with Crippen LogP contribution in [0.15, 0.2) is 29.8 Å². The third kappa shape index (κ3) is 3.03. The standard InChI is InChI=1S/C12H16O/c1-9-4-6-12(7-5-9)8-10(2)11(3)13/h4-8,11,13H,1-3H3/b10-8+. The lowest BCUT2D eigenvalue weighted by Gasteiger charge is -2.04. The van der Waals surface area contributed by atoms with Crippen LogP contribution in [0, 0.1) is 6.92 Å². The number of hydrogen-bond acceptors (Lipinski definition) is 1. The summed E-state index contributed by atoms with van der Waals surface area (Å²) in [5.41, 5.74) is 3.39. The molecule has 0 fully saturated rings. The normalized spacial score (nSPS) is 14.3. The smallest absolute Gasteiger partial charge is 0.0722 e. The van der Waals surface area contributed by atoms with E-state index in [9.17, 15) is 5.11 Å². The molecule has 1 unspecified atom stereocenters. The van der Waals surface area contributed by atoms with Crippen LogP contribution in [0.1, 0.15) is 25.0 Å². The van der Waals surface area contributed by atoms with Gasteiger partial charge in [0.1, 0.15) is 0 Å². The third-order valence-electron chi connectivity index (χ3n) is 2.13. The van der Waals surface area contributed by atoms with Gasteiger partial charge in [-0.15, -0.1) is 0 Å². The molecule has 13 heavy (non-hydrogen) atoms. The molecule has 0 bridgehead atoms. The fourth-order valence-corrected chi connectivity index (χ4v) is 1.05. The van der Waals surface area contributed by atoms with E-state index in [-0.39, 0.29) is 6.10 Å². The van der Waals surface area contributed by atoms with Crippen LogP contribution in [0.2, 0.25) is 0 Å². The van der Waals surface area contributed by atoms with Crippen LogP contribution in [0.4, 0.5) is 0 Å². The molecule has 0 aromatic heterocycles. The molecule has 1 aromatic carbocycles. The lowest BCUT2D eigenvalue weighted by Crippen LogP contribution is -2.00. The highest BCUT2D eigenvalue weighted by Gasteiger charge is 1.97. The van der Waals surface area contributed by atoms with Gasteiger partial charge in [-0.25, -0.2) is 0 Å². The summed E-state index contributed by atoms with van der Waals surface area (Å²) >= 11 is 0. The van der Waals surface area contributed by atoms with Crippen molar-refractivity contribution < 1.29 is 5.11 Å². The van der Waals surface area contributed by atoms with Gasteiger partial charge in [0.25, 0.3) is 0 Å². The van der Waals surface area contributed by atoms with Gasteiger partial charge in [0, 0.05) is 0 Å². The molecule has 0 aliphatic rings. The maximum Gasteiger partial charge on any atom is 0.0722 e. The van der Waals surface area contributed by atoms with Crippen molar-refractivity contribution >= 4 is 6.08 Å². The van der Waals surface area contributed by atoms with Crippen LogP contribution in [-0.2, 0) is 0 Å². The lowest BCUT2D eigenvalue weighted by atomic mass is 10.1. The van der Waals surface area contributed by atoms with E-state index in [1.165, 1.54) is 5.56 Å². The Hall–Kier alpha value is -1.08. The summed E-state index contributed by atoms with van der Waals surface area (Å²) in [6.07, 6.45) is 1.64. The minimum Gasteiger partial charge on any atom is -0.389 e. The van der Waals surface area contributed by atoms with E-state index in [0.717, 1.165) is 11.1 Å². The van der Waals surface area contributed by atoms with Gasteiger partial charge in [-0.1, -0.05) is 35.9 Å². The van der Waals surface area contributed by atoms with Crippen LogP contribution in [0.5, 0.6) is 0 Å². The molecular formula is C12H16O. The maximum absolute atomic E-state index is 9.27. The van der Waals surface area contributed by atoms with Crippen LogP contribution in [0.25, 0.3) is 6.08 Å². The number of rotatable bonds is 2.